The third kappa shape index (κ3) is 6.23. The first kappa shape index (κ1) is 35.5. The molecule has 3 heteroatoms. The molecule has 0 aliphatic carbocycles. The summed E-state index contributed by atoms with van der Waals surface area (Å²) in [5.41, 5.74) is 10.6. The second kappa shape index (κ2) is 15.2. The van der Waals surface area contributed by atoms with Gasteiger partial charge in [0, 0.05) is 0 Å². The van der Waals surface area contributed by atoms with Crippen LogP contribution in [0.5, 0.6) is 0 Å². The maximum absolute atomic E-state index is 3.42. The molecule has 0 aliphatic rings. The van der Waals surface area contributed by atoms with E-state index < -0.39 is 13.3 Å². The molecule has 58 heavy (non-hydrogen) atoms. The number of aromatic nitrogens is 1. The van der Waals surface area contributed by atoms with Crippen molar-refractivity contribution in [2.24, 2.45) is 0 Å². The Morgan fingerprint density at radius 2 is 0.776 bits per heavy atom. The molecule has 10 aromatic rings. The van der Waals surface area contributed by atoms with Crippen molar-refractivity contribution in [3.05, 3.63) is 242 Å². The Morgan fingerprint density at radius 1 is 0.345 bits per heavy atom. The van der Waals surface area contributed by atoms with Gasteiger partial charge in [0.25, 0.3) is 0 Å². The van der Waals surface area contributed by atoms with Crippen molar-refractivity contribution >= 4 is 69.7 Å². The molecule has 0 spiro atoms. The number of anilines is 3. The van der Waals surface area contributed by atoms with E-state index in [9.17, 15) is 0 Å². The van der Waals surface area contributed by atoms with Crippen molar-refractivity contribution in [2.75, 3.05) is 4.90 Å². The number of aryl methyl sites for hydroxylation is 1. The maximum atomic E-state index is 2.41. The number of hydrogen-bond acceptors (Lipinski definition) is 1. The van der Waals surface area contributed by atoms with E-state index in [0.717, 1.165) is 22.7 Å². The van der Waals surface area contributed by atoms with Crippen LogP contribution in [0.2, 0.25) is 0 Å². The third-order valence-corrected chi connectivity index (χ3v) is 21.7. The van der Waals surface area contributed by atoms with Crippen LogP contribution in [0.1, 0.15) is 5.56 Å². The molecule has 9 aromatic carbocycles. The van der Waals surface area contributed by atoms with Gasteiger partial charge in [-0.2, -0.15) is 0 Å². The van der Waals surface area contributed by atoms with Gasteiger partial charge in [-0.25, -0.2) is 0 Å². The zero-order valence-electron chi connectivity index (χ0n) is 32.4. The molecule has 10 rings (SSSR count). The first-order valence-electron chi connectivity index (χ1n) is 20.0. The first-order valence-corrected chi connectivity index (χ1v) is 24.2. The monoisotopic (exact) mass is 804 g/mol. The van der Waals surface area contributed by atoms with Crippen molar-refractivity contribution in [2.45, 2.75) is 6.92 Å². The first-order chi connectivity index (χ1) is 28.7. The van der Waals surface area contributed by atoms with Crippen molar-refractivity contribution in [1.82, 2.24) is 4.57 Å². The fraction of sp³-hybridized carbons (Fsp3) is 0.0182. The predicted molar refractivity (Wildman–Crippen MR) is 249 cm³/mol. The van der Waals surface area contributed by atoms with Crippen LogP contribution in [0.3, 0.4) is 0 Å². The summed E-state index contributed by atoms with van der Waals surface area (Å²) in [7, 11) is 0. The van der Waals surface area contributed by atoms with Crippen molar-refractivity contribution < 1.29 is 0 Å². The van der Waals surface area contributed by atoms with Gasteiger partial charge in [-0.05, 0) is 11.1 Å². The zero-order chi connectivity index (χ0) is 38.9. The Morgan fingerprint density at radius 3 is 1.34 bits per heavy atom. The van der Waals surface area contributed by atoms with Gasteiger partial charge >= 0.3 is 291 Å². The molecule has 1 heterocycles. The molecule has 0 unspecified atom stereocenters. The van der Waals surface area contributed by atoms with Gasteiger partial charge in [0.2, 0.25) is 0 Å². The zero-order valence-corrected chi connectivity index (χ0v) is 34.5. The minimum atomic E-state index is -3.42. The van der Waals surface area contributed by atoms with Crippen LogP contribution in [0, 0.1) is 6.92 Å². The molecular weight excluding hydrogens is 761 g/mol. The molecule has 0 atom stereocenters. The summed E-state index contributed by atoms with van der Waals surface area (Å²) in [6.07, 6.45) is 0. The average Bonchev–Trinajstić information content (AvgIpc) is 3.63. The van der Waals surface area contributed by atoms with Crippen molar-refractivity contribution in [3.63, 3.8) is 0 Å². The number of nitrogens with zero attached hydrogens (tertiary/aromatic N) is 2. The summed E-state index contributed by atoms with van der Waals surface area (Å²) in [6.45, 7) is 2.15. The van der Waals surface area contributed by atoms with E-state index in [4.69, 9.17) is 0 Å². The van der Waals surface area contributed by atoms with Crippen LogP contribution in [-0.2, 0) is 0 Å². The molecule has 0 saturated carbocycles. The second-order valence-electron chi connectivity index (χ2n) is 15.0. The Balaban J connectivity index is 1.12. The molecule has 0 saturated heterocycles. The van der Waals surface area contributed by atoms with E-state index in [1.807, 2.05) is 0 Å². The molecule has 2 nitrogen and oxygen atoms in total. The average molecular weight is 804 g/mol. The molecule has 0 amide bonds. The Hall–Kier alpha value is -6.88. The van der Waals surface area contributed by atoms with E-state index in [-0.39, 0.29) is 0 Å². The van der Waals surface area contributed by atoms with Gasteiger partial charge in [-0.3, -0.25) is 0 Å². The molecule has 1 aromatic heterocycles. The molecular formula is C55H42GeN2. The fourth-order valence-corrected chi connectivity index (χ4v) is 18.8. The quantitative estimate of drug-likeness (QED) is 0.132. The number of fused-ring (bicyclic) bond motifs is 3. The minimum absolute atomic E-state index is 1.12. The van der Waals surface area contributed by atoms with Gasteiger partial charge in [-0.1, -0.05) is 42.5 Å². The summed E-state index contributed by atoms with van der Waals surface area (Å²) >= 11 is -3.42. The molecule has 0 bridgehead atoms. The molecule has 276 valence electrons. The van der Waals surface area contributed by atoms with Gasteiger partial charge in [-0.15, -0.1) is 0 Å². The van der Waals surface area contributed by atoms with Gasteiger partial charge in [0.1, 0.15) is 0 Å². The number of hydrogen-bond donors (Lipinski definition) is 0. The standard InChI is InChI=1S/C55H42GeN2/c1-41-26-32-48(33-27-41)57(49-36-30-47(31-37-49)56(44-18-8-3-9-19-44,45-20-10-4-11-21-45)46-22-12-5-13-23-46)51-38-39-55-53(40-51)52-24-14-15-25-54(52)58(55)50-34-28-43(29-35-50)42-16-6-2-7-17-42/h2-40H,1H3. The van der Waals surface area contributed by atoms with Crippen LogP contribution in [0.25, 0.3) is 38.6 Å². The molecule has 0 N–H and O–H groups in total. The van der Waals surface area contributed by atoms with Gasteiger partial charge < -0.3 is 0 Å². The SMILES string of the molecule is Cc1ccc(N(c2cc[c]([Ge]([c]3ccccc3)([c]3ccccc3)[c]3ccccc3)cc2)c2ccc3c(c2)c2ccccc2n3-c2ccc(-c3ccccc3)cc2)cc1. The fourth-order valence-electron chi connectivity index (χ4n) is 8.88. The van der Waals surface area contributed by atoms with Gasteiger partial charge in [0.15, 0.2) is 0 Å². The topological polar surface area (TPSA) is 8.17 Å². The predicted octanol–water partition coefficient (Wildman–Crippen LogP) is 11.6. The summed E-state index contributed by atoms with van der Waals surface area (Å²) in [4.78, 5) is 2.41. The van der Waals surface area contributed by atoms with Crippen LogP contribution in [-0.4, -0.2) is 17.8 Å². The summed E-state index contributed by atoms with van der Waals surface area (Å²) in [6, 6.07) is 87.3. The molecule has 0 aliphatic heterocycles. The molecule has 0 fully saturated rings. The van der Waals surface area contributed by atoms with Gasteiger partial charge in [0.05, 0.1) is 0 Å². The Labute approximate surface area is 343 Å². The number of rotatable bonds is 9. The van der Waals surface area contributed by atoms with Crippen LogP contribution < -0.4 is 22.5 Å². The van der Waals surface area contributed by atoms with E-state index >= 15 is 0 Å². The number of para-hydroxylation sites is 1. The number of benzene rings is 9. The summed E-state index contributed by atoms with van der Waals surface area (Å²) in [5.74, 6) is 0. The third-order valence-electron chi connectivity index (χ3n) is 11.6. The van der Waals surface area contributed by atoms with E-state index in [0.29, 0.717) is 0 Å². The normalized spacial score (nSPS) is 11.5. The molecule has 0 radical (unpaired) electrons. The van der Waals surface area contributed by atoms with Crippen molar-refractivity contribution in [3.8, 4) is 16.8 Å². The van der Waals surface area contributed by atoms with E-state index in [1.165, 1.54) is 56.1 Å². The summed E-state index contributed by atoms with van der Waals surface area (Å²) in [5, 5.41) is 2.46. The Kier molecular flexibility index (Phi) is 9.33. The van der Waals surface area contributed by atoms with E-state index in [1.54, 1.807) is 0 Å². The van der Waals surface area contributed by atoms with Crippen LogP contribution >= 0.6 is 0 Å². The van der Waals surface area contributed by atoms with Crippen LogP contribution in [0.4, 0.5) is 17.1 Å². The van der Waals surface area contributed by atoms with E-state index in [2.05, 4.69) is 253 Å². The summed E-state index contributed by atoms with van der Waals surface area (Å²) < 4.78 is 8.04. The van der Waals surface area contributed by atoms with Crippen molar-refractivity contribution in [1.29, 1.82) is 0 Å². The van der Waals surface area contributed by atoms with Crippen LogP contribution in [0.15, 0.2) is 237 Å². The Bertz CT molecular complexity index is 2860. The second-order valence-corrected chi connectivity index (χ2v) is 23.0.